The SMILES string of the molecule is Cc1nc2cc(S(C)(=O)=O)ccc2n1C1C[C@H]2CC[C@@H](C1)N2CCC1(c2ccccc2)CCNCC1. The third kappa shape index (κ3) is 4.29. The van der Waals surface area contributed by atoms with Crippen LogP contribution in [0.3, 0.4) is 0 Å². The van der Waals surface area contributed by atoms with E-state index in [0.29, 0.717) is 23.0 Å². The van der Waals surface area contributed by atoms with Gasteiger partial charge in [-0.3, -0.25) is 4.90 Å². The normalized spacial score (nSPS) is 26.4. The molecule has 3 aliphatic rings. The van der Waals surface area contributed by atoms with Gasteiger partial charge in [-0.2, -0.15) is 0 Å². The molecule has 2 aromatic carbocycles. The van der Waals surface area contributed by atoms with Gasteiger partial charge in [0.2, 0.25) is 0 Å². The lowest BCUT2D eigenvalue weighted by molar-refractivity contribution is 0.0929. The molecule has 6 nitrogen and oxygen atoms in total. The fraction of sp³-hybridized carbons (Fsp3) is 0.552. The summed E-state index contributed by atoms with van der Waals surface area (Å²) < 4.78 is 26.5. The number of hydrogen-bond donors (Lipinski definition) is 1. The minimum atomic E-state index is -3.24. The molecule has 1 aromatic heterocycles. The number of aryl methyl sites for hydroxylation is 1. The van der Waals surface area contributed by atoms with Gasteiger partial charge in [-0.05, 0) is 101 Å². The maximum Gasteiger partial charge on any atom is 0.175 e. The second-order valence-corrected chi connectivity index (χ2v) is 13.4. The molecule has 0 spiro atoms. The molecule has 6 rings (SSSR count). The molecule has 7 heteroatoms. The van der Waals surface area contributed by atoms with Crippen LogP contribution in [0, 0.1) is 6.92 Å². The van der Waals surface area contributed by atoms with E-state index >= 15 is 0 Å². The van der Waals surface area contributed by atoms with Crippen molar-refractivity contribution in [3.8, 4) is 0 Å². The highest BCUT2D eigenvalue weighted by molar-refractivity contribution is 7.90. The zero-order valence-corrected chi connectivity index (χ0v) is 22.3. The third-order valence-corrected chi connectivity index (χ3v) is 10.4. The smallest absolute Gasteiger partial charge is 0.175 e. The van der Waals surface area contributed by atoms with E-state index in [9.17, 15) is 8.42 Å². The first kappa shape index (κ1) is 24.1. The third-order valence-electron chi connectivity index (χ3n) is 9.29. The van der Waals surface area contributed by atoms with Gasteiger partial charge in [-0.15, -0.1) is 0 Å². The highest BCUT2D eigenvalue weighted by atomic mass is 32.2. The molecule has 4 heterocycles. The van der Waals surface area contributed by atoms with Gasteiger partial charge in [-0.25, -0.2) is 13.4 Å². The van der Waals surface area contributed by atoms with Gasteiger partial charge in [-0.1, -0.05) is 30.3 Å². The lowest BCUT2D eigenvalue weighted by Gasteiger charge is -2.44. The zero-order valence-electron chi connectivity index (χ0n) is 21.5. The molecule has 0 radical (unpaired) electrons. The highest BCUT2D eigenvalue weighted by Crippen LogP contribution is 2.44. The first-order chi connectivity index (χ1) is 17.3. The van der Waals surface area contributed by atoms with E-state index in [0.717, 1.165) is 42.8 Å². The summed E-state index contributed by atoms with van der Waals surface area (Å²) in [5.41, 5.74) is 3.66. The number of benzene rings is 2. The Bertz CT molecular complexity index is 1330. The van der Waals surface area contributed by atoms with Gasteiger partial charge in [0.25, 0.3) is 0 Å². The minimum absolute atomic E-state index is 0.289. The molecule has 192 valence electrons. The van der Waals surface area contributed by atoms with Crippen LogP contribution in [0.5, 0.6) is 0 Å². The molecule has 0 amide bonds. The van der Waals surface area contributed by atoms with Crippen molar-refractivity contribution in [3.05, 3.63) is 59.9 Å². The molecule has 2 bridgehead atoms. The van der Waals surface area contributed by atoms with Crippen molar-refractivity contribution in [3.63, 3.8) is 0 Å². The van der Waals surface area contributed by atoms with Crippen LogP contribution in [-0.2, 0) is 15.3 Å². The van der Waals surface area contributed by atoms with Crippen LogP contribution >= 0.6 is 0 Å². The Hall–Kier alpha value is -2.22. The van der Waals surface area contributed by atoms with E-state index in [-0.39, 0.29) is 5.41 Å². The summed E-state index contributed by atoms with van der Waals surface area (Å²) in [5.74, 6) is 0.992. The first-order valence-corrected chi connectivity index (χ1v) is 15.4. The van der Waals surface area contributed by atoms with Gasteiger partial charge in [0.15, 0.2) is 9.84 Å². The van der Waals surface area contributed by atoms with Crippen molar-refractivity contribution in [2.24, 2.45) is 0 Å². The Morgan fingerprint density at radius 2 is 1.69 bits per heavy atom. The Kier molecular flexibility index (Phi) is 6.21. The molecule has 3 atom stereocenters. The number of sulfone groups is 1. The average Bonchev–Trinajstić information content (AvgIpc) is 3.33. The number of aromatic nitrogens is 2. The second kappa shape index (κ2) is 9.26. The van der Waals surface area contributed by atoms with Crippen molar-refractivity contribution >= 4 is 20.9 Å². The summed E-state index contributed by atoms with van der Waals surface area (Å²) in [4.78, 5) is 7.95. The summed E-state index contributed by atoms with van der Waals surface area (Å²) in [5, 5.41) is 3.57. The fourth-order valence-corrected chi connectivity index (χ4v) is 8.08. The predicted octanol–water partition coefficient (Wildman–Crippen LogP) is 4.63. The van der Waals surface area contributed by atoms with Gasteiger partial charge in [0.05, 0.1) is 15.9 Å². The number of rotatable bonds is 6. The lowest BCUT2D eigenvalue weighted by Crippen LogP contribution is -2.47. The van der Waals surface area contributed by atoms with E-state index in [1.807, 2.05) is 6.07 Å². The Labute approximate surface area is 215 Å². The van der Waals surface area contributed by atoms with E-state index in [1.165, 1.54) is 50.5 Å². The Balaban J connectivity index is 1.21. The number of nitrogens with zero attached hydrogens (tertiary/aromatic N) is 3. The van der Waals surface area contributed by atoms with Crippen LogP contribution in [0.4, 0.5) is 0 Å². The monoisotopic (exact) mass is 506 g/mol. The molecular weight excluding hydrogens is 468 g/mol. The topological polar surface area (TPSA) is 67.2 Å². The largest absolute Gasteiger partial charge is 0.325 e. The maximum atomic E-state index is 12.0. The molecule has 0 aliphatic carbocycles. The summed E-state index contributed by atoms with van der Waals surface area (Å²) in [7, 11) is -3.24. The number of piperidine rings is 2. The summed E-state index contributed by atoms with van der Waals surface area (Å²) in [6.07, 6.45) is 9.80. The number of imidazole rings is 1. The highest BCUT2D eigenvalue weighted by Gasteiger charge is 2.43. The quantitative estimate of drug-likeness (QED) is 0.528. The molecular formula is C29H38N4O2S. The van der Waals surface area contributed by atoms with Crippen LogP contribution < -0.4 is 5.32 Å². The second-order valence-electron chi connectivity index (χ2n) is 11.3. The lowest BCUT2D eigenvalue weighted by atomic mass is 9.70. The maximum absolute atomic E-state index is 12.0. The predicted molar refractivity (Wildman–Crippen MR) is 144 cm³/mol. The minimum Gasteiger partial charge on any atom is -0.325 e. The van der Waals surface area contributed by atoms with E-state index < -0.39 is 9.84 Å². The number of fused-ring (bicyclic) bond motifs is 3. The number of nitrogens with one attached hydrogen (secondary N) is 1. The molecule has 3 fully saturated rings. The van der Waals surface area contributed by atoms with Crippen LogP contribution in [-0.4, -0.2) is 60.8 Å². The summed E-state index contributed by atoms with van der Waals surface area (Å²) in [6, 6.07) is 18.3. The molecule has 36 heavy (non-hydrogen) atoms. The van der Waals surface area contributed by atoms with Gasteiger partial charge < -0.3 is 9.88 Å². The van der Waals surface area contributed by atoms with Crippen molar-refractivity contribution in [2.75, 3.05) is 25.9 Å². The molecule has 1 unspecified atom stereocenters. The number of hydrogen-bond acceptors (Lipinski definition) is 5. The molecule has 3 aromatic rings. The Morgan fingerprint density at radius 1 is 1.00 bits per heavy atom. The van der Waals surface area contributed by atoms with Crippen LogP contribution in [0.1, 0.15) is 62.4 Å². The molecule has 3 saturated heterocycles. The van der Waals surface area contributed by atoms with Gasteiger partial charge in [0, 0.05) is 24.4 Å². The van der Waals surface area contributed by atoms with Crippen molar-refractivity contribution < 1.29 is 8.42 Å². The standard InChI is InChI=1S/C29H38N4O2S/c1-21-31-27-20-26(36(2,34)35)10-11-28(27)33(21)25-18-23-8-9-24(19-25)32(23)17-14-29(12-15-30-16-13-29)22-6-4-3-5-7-22/h3-7,10-11,20,23-25,30H,8-9,12-19H2,1-2H3/t23-,24+,25?. The van der Waals surface area contributed by atoms with Crippen molar-refractivity contribution in [2.45, 2.75) is 80.3 Å². The van der Waals surface area contributed by atoms with Crippen molar-refractivity contribution in [1.29, 1.82) is 0 Å². The summed E-state index contributed by atoms with van der Waals surface area (Å²) in [6.45, 7) is 5.46. The zero-order chi connectivity index (χ0) is 24.9. The van der Waals surface area contributed by atoms with Crippen LogP contribution in [0.15, 0.2) is 53.4 Å². The first-order valence-electron chi connectivity index (χ1n) is 13.5. The molecule has 1 N–H and O–H groups in total. The summed E-state index contributed by atoms with van der Waals surface area (Å²) >= 11 is 0. The van der Waals surface area contributed by atoms with E-state index in [1.54, 1.807) is 12.1 Å². The molecule has 0 saturated carbocycles. The Morgan fingerprint density at radius 3 is 2.36 bits per heavy atom. The van der Waals surface area contributed by atoms with Crippen LogP contribution in [0.2, 0.25) is 0 Å². The van der Waals surface area contributed by atoms with E-state index in [4.69, 9.17) is 4.98 Å². The van der Waals surface area contributed by atoms with Gasteiger partial charge >= 0.3 is 0 Å². The van der Waals surface area contributed by atoms with E-state index in [2.05, 4.69) is 52.0 Å². The van der Waals surface area contributed by atoms with Crippen molar-refractivity contribution in [1.82, 2.24) is 19.8 Å². The molecule has 3 aliphatic heterocycles. The fourth-order valence-electron chi connectivity index (χ4n) is 7.44. The van der Waals surface area contributed by atoms with Gasteiger partial charge in [0.1, 0.15) is 5.82 Å². The average molecular weight is 507 g/mol. The van der Waals surface area contributed by atoms with Crippen LogP contribution in [0.25, 0.3) is 11.0 Å².